The molecule has 1 aliphatic heterocycles. The van der Waals surface area contributed by atoms with Gasteiger partial charge < -0.3 is 15.4 Å². The molecule has 0 aliphatic carbocycles. The van der Waals surface area contributed by atoms with Gasteiger partial charge in [0.2, 0.25) is 5.91 Å². The molecule has 5 nitrogen and oxygen atoms in total. The topological polar surface area (TPSA) is 58.8 Å². The first-order valence-corrected chi connectivity index (χ1v) is 7.29. The lowest BCUT2D eigenvalue weighted by Gasteiger charge is -2.42. The third-order valence-electron chi connectivity index (χ3n) is 3.77. The van der Waals surface area contributed by atoms with E-state index < -0.39 is 0 Å². The second-order valence-electron chi connectivity index (χ2n) is 5.74. The van der Waals surface area contributed by atoms with E-state index in [9.17, 15) is 4.79 Å². The maximum Gasteiger partial charge on any atom is 0.224 e. The number of hydrogen-bond donors (Lipinski definition) is 1. The Morgan fingerprint density at radius 1 is 1.42 bits per heavy atom. The molecular formula is C14H29N3O2. The summed E-state index contributed by atoms with van der Waals surface area (Å²) in [6, 6.07) is 0.122. The van der Waals surface area contributed by atoms with Gasteiger partial charge in [0.1, 0.15) is 0 Å². The third kappa shape index (κ3) is 4.75. The van der Waals surface area contributed by atoms with E-state index in [0.29, 0.717) is 19.6 Å². The van der Waals surface area contributed by atoms with Crippen molar-refractivity contribution in [2.75, 3.05) is 39.3 Å². The Kier molecular flexibility index (Phi) is 6.23. The van der Waals surface area contributed by atoms with Crippen LogP contribution in [0.25, 0.3) is 0 Å². The van der Waals surface area contributed by atoms with Crippen molar-refractivity contribution >= 4 is 5.91 Å². The zero-order valence-corrected chi connectivity index (χ0v) is 12.8. The number of hydrogen-bond acceptors (Lipinski definition) is 4. The van der Waals surface area contributed by atoms with Crippen LogP contribution in [0.2, 0.25) is 0 Å². The van der Waals surface area contributed by atoms with Crippen LogP contribution < -0.4 is 5.73 Å². The summed E-state index contributed by atoms with van der Waals surface area (Å²) in [5.41, 5.74) is 5.72. The predicted molar refractivity (Wildman–Crippen MR) is 77.0 cm³/mol. The van der Waals surface area contributed by atoms with Crippen molar-refractivity contribution in [1.82, 2.24) is 9.80 Å². The Bertz CT molecular complexity index is 290. The Hall–Kier alpha value is -0.650. The Morgan fingerprint density at radius 2 is 2.05 bits per heavy atom. The second-order valence-corrected chi connectivity index (χ2v) is 5.74. The fourth-order valence-electron chi connectivity index (χ4n) is 2.63. The molecule has 1 aliphatic rings. The first-order chi connectivity index (χ1) is 8.93. The average Bonchev–Trinajstić information content (AvgIpc) is 2.36. The Balaban J connectivity index is 2.60. The highest BCUT2D eigenvalue weighted by molar-refractivity contribution is 5.76. The largest absolute Gasteiger partial charge is 0.373 e. The van der Waals surface area contributed by atoms with Crippen LogP contribution in [-0.2, 0) is 9.53 Å². The van der Waals surface area contributed by atoms with Gasteiger partial charge in [0.05, 0.1) is 12.2 Å². The summed E-state index contributed by atoms with van der Waals surface area (Å²) >= 11 is 0. The molecular weight excluding hydrogens is 242 g/mol. The molecule has 1 saturated heterocycles. The number of ether oxygens (including phenoxy) is 1. The van der Waals surface area contributed by atoms with Crippen LogP contribution in [0.15, 0.2) is 0 Å². The minimum atomic E-state index is -0.149. The molecule has 0 spiro atoms. The maximum absolute atomic E-state index is 12.2. The summed E-state index contributed by atoms with van der Waals surface area (Å²) in [5.74, 6) is 0.199. The monoisotopic (exact) mass is 271 g/mol. The van der Waals surface area contributed by atoms with E-state index in [4.69, 9.17) is 10.5 Å². The summed E-state index contributed by atoms with van der Waals surface area (Å²) in [7, 11) is 0. The maximum atomic E-state index is 12.2. The van der Waals surface area contributed by atoms with E-state index in [0.717, 1.165) is 26.2 Å². The molecule has 0 radical (unpaired) electrons. The molecule has 0 aromatic carbocycles. The number of carbonyl (C=O) groups is 1. The van der Waals surface area contributed by atoms with Crippen LogP contribution in [0.3, 0.4) is 0 Å². The van der Waals surface area contributed by atoms with Crippen molar-refractivity contribution in [1.29, 1.82) is 0 Å². The van der Waals surface area contributed by atoms with Gasteiger partial charge in [0.25, 0.3) is 0 Å². The van der Waals surface area contributed by atoms with Gasteiger partial charge in [-0.1, -0.05) is 0 Å². The number of morpholine rings is 1. The molecule has 2 N–H and O–H groups in total. The third-order valence-corrected chi connectivity index (χ3v) is 3.77. The van der Waals surface area contributed by atoms with E-state index >= 15 is 0 Å². The fourth-order valence-corrected chi connectivity index (χ4v) is 2.63. The lowest BCUT2D eigenvalue weighted by Crippen LogP contribution is -2.55. The molecule has 1 unspecified atom stereocenters. The van der Waals surface area contributed by atoms with Crippen molar-refractivity contribution in [2.45, 2.75) is 45.8 Å². The van der Waals surface area contributed by atoms with Gasteiger partial charge in [-0.05, 0) is 27.7 Å². The number of amides is 1. The van der Waals surface area contributed by atoms with Crippen LogP contribution >= 0.6 is 0 Å². The highest BCUT2D eigenvalue weighted by Crippen LogP contribution is 2.19. The standard InChI is InChI=1S/C14H29N3O2/c1-5-16(6-2)13(18)9-12(10-15)17-7-8-19-14(3,4)11-17/h12H,5-11,15H2,1-4H3. The van der Waals surface area contributed by atoms with Gasteiger partial charge in [-0.2, -0.15) is 0 Å². The molecule has 0 saturated carbocycles. The lowest BCUT2D eigenvalue weighted by atomic mass is 10.0. The normalized spacial score (nSPS) is 21.1. The molecule has 19 heavy (non-hydrogen) atoms. The Labute approximate surface area is 117 Å². The van der Waals surface area contributed by atoms with Crippen LogP contribution in [0.1, 0.15) is 34.1 Å². The molecule has 5 heteroatoms. The summed E-state index contributed by atoms with van der Waals surface area (Å²) < 4.78 is 5.71. The van der Waals surface area contributed by atoms with Gasteiger partial charge in [0.15, 0.2) is 0 Å². The molecule has 1 heterocycles. The molecule has 1 atom stereocenters. The van der Waals surface area contributed by atoms with E-state index in [2.05, 4.69) is 18.7 Å². The van der Waals surface area contributed by atoms with E-state index in [1.807, 2.05) is 18.7 Å². The van der Waals surface area contributed by atoms with E-state index in [-0.39, 0.29) is 17.6 Å². The summed E-state index contributed by atoms with van der Waals surface area (Å²) in [4.78, 5) is 16.4. The average molecular weight is 271 g/mol. The lowest BCUT2D eigenvalue weighted by molar-refractivity contribution is -0.134. The van der Waals surface area contributed by atoms with Crippen LogP contribution in [0, 0.1) is 0 Å². The van der Waals surface area contributed by atoms with E-state index in [1.165, 1.54) is 0 Å². The second kappa shape index (κ2) is 7.22. The quantitative estimate of drug-likeness (QED) is 0.772. The van der Waals surface area contributed by atoms with Gasteiger partial charge in [-0.3, -0.25) is 9.69 Å². The fraction of sp³-hybridized carbons (Fsp3) is 0.929. The first-order valence-electron chi connectivity index (χ1n) is 7.29. The van der Waals surface area contributed by atoms with Gasteiger partial charge >= 0.3 is 0 Å². The van der Waals surface area contributed by atoms with Gasteiger partial charge in [0, 0.05) is 45.2 Å². The summed E-state index contributed by atoms with van der Waals surface area (Å²) in [6.07, 6.45) is 0.508. The summed E-state index contributed by atoms with van der Waals surface area (Å²) in [5, 5.41) is 0. The van der Waals surface area contributed by atoms with Crippen molar-refractivity contribution in [2.24, 2.45) is 5.73 Å². The van der Waals surface area contributed by atoms with Gasteiger partial charge in [-0.25, -0.2) is 0 Å². The number of nitrogens with two attached hydrogens (primary N) is 1. The number of nitrogens with zero attached hydrogens (tertiary/aromatic N) is 2. The summed E-state index contributed by atoms with van der Waals surface area (Å²) in [6.45, 7) is 12.6. The van der Waals surface area contributed by atoms with Crippen LogP contribution in [-0.4, -0.2) is 66.7 Å². The smallest absolute Gasteiger partial charge is 0.224 e. The SMILES string of the molecule is CCN(CC)C(=O)CC(CN)N1CCOC(C)(C)C1. The van der Waals surface area contributed by atoms with Crippen molar-refractivity contribution in [3.05, 3.63) is 0 Å². The molecule has 0 aromatic heterocycles. The van der Waals surface area contributed by atoms with Crippen molar-refractivity contribution in [3.8, 4) is 0 Å². The molecule has 1 fully saturated rings. The highest BCUT2D eigenvalue weighted by atomic mass is 16.5. The predicted octanol–water partition coefficient (Wildman–Crippen LogP) is 0.683. The highest BCUT2D eigenvalue weighted by Gasteiger charge is 2.32. The molecule has 1 rings (SSSR count). The molecule has 112 valence electrons. The van der Waals surface area contributed by atoms with E-state index in [1.54, 1.807) is 0 Å². The number of carbonyl (C=O) groups excluding carboxylic acids is 1. The van der Waals surface area contributed by atoms with Gasteiger partial charge in [-0.15, -0.1) is 0 Å². The zero-order valence-electron chi connectivity index (χ0n) is 12.8. The van der Waals surface area contributed by atoms with Crippen LogP contribution in [0.4, 0.5) is 0 Å². The minimum absolute atomic E-state index is 0.122. The Morgan fingerprint density at radius 3 is 2.53 bits per heavy atom. The minimum Gasteiger partial charge on any atom is -0.373 e. The van der Waals surface area contributed by atoms with Crippen LogP contribution in [0.5, 0.6) is 0 Å². The molecule has 0 aromatic rings. The zero-order chi connectivity index (χ0) is 14.5. The first kappa shape index (κ1) is 16.4. The van der Waals surface area contributed by atoms with Crippen molar-refractivity contribution < 1.29 is 9.53 Å². The molecule has 1 amide bonds. The number of rotatable bonds is 6. The molecule has 0 bridgehead atoms. The van der Waals surface area contributed by atoms with Crippen molar-refractivity contribution in [3.63, 3.8) is 0 Å².